The number of ether oxygens (including phenoxy) is 1. The number of nitrogens with zero attached hydrogens (tertiary/aromatic N) is 1. The van der Waals surface area contributed by atoms with Gasteiger partial charge in [-0.15, -0.1) is 0 Å². The van der Waals surface area contributed by atoms with Crippen LogP contribution in [0.2, 0.25) is 0 Å². The molecule has 0 aliphatic carbocycles. The van der Waals surface area contributed by atoms with Gasteiger partial charge in [0.05, 0.1) is 6.10 Å². The molecule has 120 valence electrons. The molecule has 0 radical (unpaired) electrons. The zero-order valence-electron chi connectivity index (χ0n) is 12.4. The summed E-state index contributed by atoms with van der Waals surface area (Å²) in [5, 5.41) is 12.2. The minimum absolute atomic E-state index is 0.0112. The number of aromatic nitrogens is 1. The Morgan fingerprint density at radius 2 is 2.04 bits per heavy atom. The van der Waals surface area contributed by atoms with Gasteiger partial charge in [-0.05, 0) is 42.7 Å². The lowest BCUT2D eigenvalue weighted by Crippen LogP contribution is -2.30. The van der Waals surface area contributed by atoms with Crippen LogP contribution in [0.25, 0.3) is 0 Å². The van der Waals surface area contributed by atoms with Gasteiger partial charge in [0.2, 0.25) is 0 Å². The summed E-state index contributed by atoms with van der Waals surface area (Å²) < 4.78 is 18.8. The maximum atomic E-state index is 13.0. The number of benzene rings is 1. The third-order valence-corrected chi connectivity index (χ3v) is 3.85. The van der Waals surface area contributed by atoms with Gasteiger partial charge in [-0.25, -0.2) is 14.2 Å². The summed E-state index contributed by atoms with van der Waals surface area (Å²) in [5.41, 5.74) is 0.947. The maximum absolute atomic E-state index is 13.0. The van der Waals surface area contributed by atoms with E-state index in [2.05, 4.69) is 10.3 Å². The van der Waals surface area contributed by atoms with Gasteiger partial charge >= 0.3 is 5.97 Å². The second-order valence-corrected chi connectivity index (χ2v) is 5.49. The Labute approximate surface area is 133 Å². The number of halogens is 1. The highest BCUT2D eigenvalue weighted by Gasteiger charge is 2.24. The molecule has 1 fully saturated rings. The van der Waals surface area contributed by atoms with Crippen LogP contribution in [0.15, 0.2) is 42.5 Å². The van der Waals surface area contributed by atoms with Crippen LogP contribution in [0.1, 0.15) is 35.0 Å². The molecule has 0 amide bonds. The predicted octanol–water partition coefficient (Wildman–Crippen LogP) is 3.25. The van der Waals surface area contributed by atoms with Crippen molar-refractivity contribution in [3.8, 4) is 0 Å². The van der Waals surface area contributed by atoms with Gasteiger partial charge in [-0.1, -0.05) is 18.2 Å². The molecular weight excluding hydrogens is 299 g/mol. The topological polar surface area (TPSA) is 71.5 Å². The first kappa shape index (κ1) is 15.4. The molecule has 0 spiro atoms. The van der Waals surface area contributed by atoms with Crippen molar-refractivity contribution in [2.24, 2.45) is 0 Å². The molecule has 0 bridgehead atoms. The minimum atomic E-state index is -1.05. The summed E-state index contributed by atoms with van der Waals surface area (Å²) in [7, 11) is 0. The number of carbonyl (C=O) groups is 1. The van der Waals surface area contributed by atoms with E-state index < -0.39 is 5.97 Å². The standard InChI is InChI=1S/C17H17FN2O3/c18-12-6-4-11(5-7-12)15-10-13(8-9-23-15)19-16-3-1-2-14(20-16)17(21)22/h1-7,13,15H,8-10H2,(H,19,20)(H,21,22). The fraction of sp³-hybridized carbons (Fsp3) is 0.294. The molecular formula is C17H17FN2O3. The molecule has 0 saturated carbocycles. The van der Waals surface area contributed by atoms with Gasteiger partial charge < -0.3 is 15.2 Å². The van der Waals surface area contributed by atoms with Crippen LogP contribution in [0, 0.1) is 5.82 Å². The van der Waals surface area contributed by atoms with Crippen molar-refractivity contribution in [2.75, 3.05) is 11.9 Å². The van der Waals surface area contributed by atoms with Crippen molar-refractivity contribution in [3.05, 3.63) is 59.5 Å². The number of hydrogen-bond donors (Lipinski definition) is 2. The number of pyridine rings is 1. The van der Waals surface area contributed by atoms with Crippen molar-refractivity contribution in [3.63, 3.8) is 0 Å². The van der Waals surface area contributed by atoms with Crippen molar-refractivity contribution in [1.29, 1.82) is 0 Å². The number of nitrogens with one attached hydrogen (secondary N) is 1. The molecule has 3 rings (SSSR count). The zero-order valence-corrected chi connectivity index (χ0v) is 12.4. The summed E-state index contributed by atoms with van der Waals surface area (Å²) in [6.45, 7) is 0.582. The van der Waals surface area contributed by atoms with E-state index in [1.165, 1.54) is 18.2 Å². The Hall–Kier alpha value is -2.47. The van der Waals surface area contributed by atoms with Crippen LogP contribution >= 0.6 is 0 Å². The highest BCUT2D eigenvalue weighted by molar-refractivity contribution is 5.85. The molecule has 1 aliphatic heterocycles. The highest BCUT2D eigenvalue weighted by atomic mass is 19.1. The Bertz CT molecular complexity index is 690. The fourth-order valence-electron chi connectivity index (χ4n) is 2.68. The molecule has 1 aromatic heterocycles. The van der Waals surface area contributed by atoms with Gasteiger partial charge in [-0.2, -0.15) is 0 Å². The second kappa shape index (κ2) is 6.75. The average molecular weight is 316 g/mol. The molecule has 2 unspecified atom stereocenters. The molecule has 2 N–H and O–H groups in total. The predicted molar refractivity (Wildman–Crippen MR) is 82.9 cm³/mol. The van der Waals surface area contributed by atoms with E-state index in [1.54, 1.807) is 24.3 Å². The van der Waals surface area contributed by atoms with Crippen molar-refractivity contribution < 1.29 is 19.0 Å². The summed E-state index contributed by atoms with van der Waals surface area (Å²) in [6, 6.07) is 11.3. The van der Waals surface area contributed by atoms with Crippen LogP contribution in [0.5, 0.6) is 0 Å². The lowest BCUT2D eigenvalue weighted by atomic mass is 9.97. The van der Waals surface area contributed by atoms with Crippen LogP contribution in [0.3, 0.4) is 0 Å². The monoisotopic (exact) mass is 316 g/mol. The summed E-state index contributed by atoms with van der Waals surface area (Å²) in [5.74, 6) is -0.784. The summed E-state index contributed by atoms with van der Waals surface area (Å²) in [6.07, 6.45) is 1.41. The van der Waals surface area contributed by atoms with Gasteiger partial charge in [0.15, 0.2) is 5.69 Å². The first-order valence-electron chi connectivity index (χ1n) is 7.46. The number of aromatic carboxylic acids is 1. The first-order chi connectivity index (χ1) is 11.1. The SMILES string of the molecule is O=C(O)c1cccc(NC2CCOC(c3ccc(F)cc3)C2)n1. The Morgan fingerprint density at radius 3 is 2.78 bits per heavy atom. The van der Waals surface area contributed by atoms with Crippen molar-refractivity contribution in [2.45, 2.75) is 25.0 Å². The molecule has 2 aromatic rings. The maximum Gasteiger partial charge on any atom is 0.354 e. The number of carboxylic acid groups (broad SMARTS) is 1. The molecule has 1 saturated heterocycles. The van der Waals surface area contributed by atoms with E-state index in [0.29, 0.717) is 18.8 Å². The average Bonchev–Trinajstić information content (AvgIpc) is 2.56. The van der Waals surface area contributed by atoms with E-state index >= 15 is 0 Å². The first-order valence-corrected chi connectivity index (χ1v) is 7.46. The smallest absolute Gasteiger partial charge is 0.354 e. The van der Waals surface area contributed by atoms with Crippen LogP contribution in [-0.4, -0.2) is 28.7 Å². The number of carboxylic acids is 1. The van der Waals surface area contributed by atoms with Crippen LogP contribution in [0.4, 0.5) is 10.2 Å². The van der Waals surface area contributed by atoms with Crippen LogP contribution in [-0.2, 0) is 4.74 Å². The highest BCUT2D eigenvalue weighted by Crippen LogP contribution is 2.29. The lowest BCUT2D eigenvalue weighted by molar-refractivity contribution is 0.00970. The molecule has 23 heavy (non-hydrogen) atoms. The summed E-state index contributed by atoms with van der Waals surface area (Å²) >= 11 is 0. The van der Waals surface area contributed by atoms with Crippen molar-refractivity contribution in [1.82, 2.24) is 4.98 Å². The summed E-state index contributed by atoms with van der Waals surface area (Å²) in [4.78, 5) is 15.0. The normalized spacial score (nSPS) is 20.9. The third kappa shape index (κ3) is 3.84. The zero-order chi connectivity index (χ0) is 16.2. The van der Waals surface area contributed by atoms with Gasteiger partial charge in [0.25, 0.3) is 0 Å². The minimum Gasteiger partial charge on any atom is -0.477 e. The van der Waals surface area contributed by atoms with E-state index in [9.17, 15) is 9.18 Å². The molecule has 2 heterocycles. The van der Waals surface area contributed by atoms with E-state index in [1.807, 2.05) is 0 Å². The van der Waals surface area contributed by atoms with E-state index in [0.717, 1.165) is 12.0 Å². The third-order valence-electron chi connectivity index (χ3n) is 3.85. The number of rotatable bonds is 4. The van der Waals surface area contributed by atoms with E-state index in [-0.39, 0.29) is 23.7 Å². The quantitative estimate of drug-likeness (QED) is 0.906. The Kier molecular flexibility index (Phi) is 4.52. The van der Waals surface area contributed by atoms with Gasteiger partial charge in [0, 0.05) is 12.6 Å². The van der Waals surface area contributed by atoms with E-state index in [4.69, 9.17) is 9.84 Å². The lowest BCUT2D eigenvalue weighted by Gasteiger charge is -2.30. The Balaban J connectivity index is 1.68. The molecule has 5 nitrogen and oxygen atoms in total. The molecule has 1 aromatic carbocycles. The largest absolute Gasteiger partial charge is 0.477 e. The molecule has 6 heteroatoms. The Morgan fingerprint density at radius 1 is 1.26 bits per heavy atom. The fourth-order valence-corrected chi connectivity index (χ4v) is 2.68. The second-order valence-electron chi connectivity index (χ2n) is 5.49. The van der Waals surface area contributed by atoms with Crippen molar-refractivity contribution >= 4 is 11.8 Å². The molecule has 2 atom stereocenters. The van der Waals surface area contributed by atoms with Crippen LogP contribution < -0.4 is 5.32 Å². The van der Waals surface area contributed by atoms with Gasteiger partial charge in [0.1, 0.15) is 11.6 Å². The molecule has 1 aliphatic rings. The number of hydrogen-bond acceptors (Lipinski definition) is 4. The van der Waals surface area contributed by atoms with Gasteiger partial charge in [-0.3, -0.25) is 0 Å². The number of anilines is 1.